The Morgan fingerprint density at radius 3 is 2.34 bits per heavy atom. The van der Waals surface area contributed by atoms with Crippen LogP contribution in [0.3, 0.4) is 0 Å². The number of carbonyl (C=O) groups excluding carboxylic acids is 2. The van der Waals surface area contributed by atoms with E-state index in [2.05, 4.69) is 30.0 Å². The zero-order chi connectivity index (χ0) is 33.7. The first-order valence-electron chi connectivity index (χ1n) is 15.8. The summed E-state index contributed by atoms with van der Waals surface area (Å²) in [4.78, 5) is 32.5. The molecular weight excluding hydrogens is 600 g/mol. The molecule has 1 fully saturated rings. The van der Waals surface area contributed by atoms with Gasteiger partial charge < -0.3 is 39.2 Å². The molecule has 3 aliphatic heterocycles. The van der Waals surface area contributed by atoms with Crippen molar-refractivity contribution >= 4 is 29.9 Å². The molecule has 2 amide bonds. The lowest BCUT2D eigenvalue weighted by Crippen LogP contribution is -2.47. The molecule has 1 saturated heterocycles. The predicted molar refractivity (Wildman–Crippen MR) is 181 cm³/mol. The van der Waals surface area contributed by atoms with Crippen molar-refractivity contribution in [3.05, 3.63) is 72.0 Å². The molecule has 47 heavy (non-hydrogen) atoms. The van der Waals surface area contributed by atoms with Crippen molar-refractivity contribution in [3.63, 3.8) is 0 Å². The van der Waals surface area contributed by atoms with Crippen LogP contribution in [0.4, 0.5) is 11.4 Å². The van der Waals surface area contributed by atoms with Crippen LogP contribution in [0.5, 0.6) is 23.0 Å². The van der Waals surface area contributed by atoms with Gasteiger partial charge in [-0.2, -0.15) is 0 Å². The molecule has 3 heterocycles. The van der Waals surface area contributed by atoms with E-state index in [0.29, 0.717) is 85.4 Å². The van der Waals surface area contributed by atoms with Crippen molar-refractivity contribution in [2.75, 3.05) is 38.9 Å². The number of rotatable bonds is 13. The molecule has 0 saturated carbocycles. The molecule has 2 N–H and O–H groups in total. The molecule has 3 atom stereocenters. The number of aliphatic hydroxyl groups is 1. The molecule has 250 valence electrons. The number of aliphatic imine (C=N–C) groups is 1. The topological polar surface area (TPSA) is 122 Å². The minimum atomic E-state index is -0.969. The number of anilines is 1. The van der Waals surface area contributed by atoms with Gasteiger partial charge >= 0.3 is 0 Å². The van der Waals surface area contributed by atoms with Gasteiger partial charge in [-0.15, -0.1) is 0 Å². The Morgan fingerprint density at radius 1 is 1.00 bits per heavy atom. The van der Waals surface area contributed by atoms with Crippen LogP contribution >= 0.6 is 0 Å². The maximum absolute atomic E-state index is 13.6. The largest absolute Gasteiger partial charge is 0.493 e. The van der Waals surface area contributed by atoms with Gasteiger partial charge in [0.1, 0.15) is 0 Å². The summed E-state index contributed by atoms with van der Waals surface area (Å²) >= 11 is 0. The number of hydrogen-bond acceptors (Lipinski definition) is 9. The Hall–Kier alpha value is -4.77. The summed E-state index contributed by atoms with van der Waals surface area (Å²) in [5.41, 5.74) is 5.20. The minimum Gasteiger partial charge on any atom is -0.493 e. The van der Waals surface area contributed by atoms with Crippen LogP contribution in [0.15, 0.2) is 65.8 Å². The summed E-state index contributed by atoms with van der Waals surface area (Å²) < 4.78 is 23.5. The Kier molecular flexibility index (Phi) is 10.6. The number of aliphatic hydroxyl groups excluding tert-OH is 1. The number of amides is 2. The summed E-state index contributed by atoms with van der Waals surface area (Å²) in [5, 5.41) is 14.1. The van der Waals surface area contributed by atoms with Gasteiger partial charge in [0.25, 0.3) is 5.91 Å². The Labute approximate surface area is 276 Å². The predicted octanol–water partition coefficient (Wildman–Crippen LogP) is 5.09. The maximum atomic E-state index is 13.6. The molecule has 0 bridgehead atoms. The van der Waals surface area contributed by atoms with Crippen molar-refractivity contribution in [2.45, 2.75) is 63.8 Å². The fourth-order valence-electron chi connectivity index (χ4n) is 6.35. The van der Waals surface area contributed by atoms with Crippen LogP contribution in [-0.4, -0.2) is 80.8 Å². The highest BCUT2D eigenvalue weighted by Crippen LogP contribution is 2.43. The van der Waals surface area contributed by atoms with E-state index in [9.17, 15) is 14.7 Å². The quantitative estimate of drug-likeness (QED) is 0.176. The summed E-state index contributed by atoms with van der Waals surface area (Å²) in [6.07, 6.45) is 5.59. The second-order valence-electron chi connectivity index (χ2n) is 12.2. The lowest BCUT2D eigenvalue weighted by atomic mass is 9.97. The molecule has 0 radical (unpaired) electrons. The Morgan fingerprint density at radius 2 is 1.68 bits per heavy atom. The highest BCUT2D eigenvalue weighted by molar-refractivity contribution is 6.02. The van der Waals surface area contributed by atoms with Gasteiger partial charge in [-0.05, 0) is 63.1 Å². The SMILES string of the molecule is C=C1Cc2cc(OC)c(OCCCCCOc3cc4c(cc3OC)C(=O)N3CC(=C)CC3C(O)N4C(=C)C)cc2N=CC(NC=O)C1. The van der Waals surface area contributed by atoms with E-state index in [1.807, 2.05) is 12.1 Å². The first-order valence-corrected chi connectivity index (χ1v) is 15.8. The fourth-order valence-corrected chi connectivity index (χ4v) is 6.35. The van der Waals surface area contributed by atoms with Gasteiger partial charge in [0.05, 0.1) is 56.5 Å². The molecule has 3 aliphatic rings. The molecule has 0 spiro atoms. The van der Waals surface area contributed by atoms with Crippen molar-refractivity contribution in [2.24, 2.45) is 4.99 Å². The third-order valence-corrected chi connectivity index (χ3v) is 8.64. The van der Waals surface area contributed by atoms with Crippen molar-refractivity contribution in [1.82, 2.24) is 10.2 Å². The van der Waals surface area contributed by atoms with Crippen molar-refractivity contribution in [3.8, 4) is 23.0 Å². The standard InChI is InChI=1S/C36H44N4O7/c1-22(2)40-29-18-34(32(45-6)16-27(29)35(42)39-20-24(4)14-30(39)36(40)43)47-11-9-7-8-10-46-33-17-28-25(15-31(33)44-5)12-23(3)13-26(19-37-28)38-21-41/h15-19,21,26,30,36,43H,1,3-4,7-14,20H2,2,5-6H3,(H,38,41). The van der Waals surface area contributed by atoms with Crippen LogP contribution in [0.25, 0.3) is 0 Å². The Bertz CT molecular complexity index is 1590. The molecule has 2 aromatic carbocycles. The molecule has 0 aromatic heterocycles. The third kappa shape index (κ3) is 7.30. The number of allylic oxidation sites excluding steroid dienone is 1. The number of nitrogens with one attached hydrogen (secondary N) is 1. The maximum Gasteiger partial charge on any atom is 0.256 e. The summed E-state index contributed by atoms with van der Waals surface area (Å²) in [5.74, 6) is 1.97. The second-order valence-corrected chi connectivity index (χ2v) is 12.2. The first kappa shape index (κ1) is 33.6. The van der Waals surface area contributed by atoms with Crippen LogP contribution in [-0.2, 0) is 11.2 Å². The first-order chi connectivity index (χ1) is 22.6. The zero-order valence-electron chi connectivity index (χ0n) is 27.4. The van der Waals surface area contributed by atoms with Gasteiger partial charge in [-0.25, -0.2) is 0 Å². The third-order valence-electron chi connectivity index (χ3n) is 8.64. The molecular formula is C36H44N4O7. The molecule has 3 unspecified atom stereocenters. The second kappa shape index (κ2) is 14.8. The summed E-state index contributed by atoms with van der Waals surface area (Å²) in [6, 6.07) is 6.62. The average molecular weight is 645 g/mol. The van der Waals surface area contributed by atoms with E-state index < -0.39 is 12.3 Å². The van der Waals surface area contributed by atoms with Crippen molar-refractivity contribution in [1.29, 1.82) is 0 Å². The number of methoxy groups -OCH3 is 2. The van der Waals surface area contributed by atoms with Crippen LogP contribution in [0.1, 0.15) is 54.9 Å². The molecule has 0 aliphatic carbocycles. The number of hydrogen-bond donors (Lipinski definition) is 2. The summed E-state index contributed by atoms with van der Waals surface area (Å²) in [7, 11) is 3.15. The molecule has 2 aromatic rings. The normalized spacial score (nSPS) is 20.3. The number of fused-ring (bicyclic) bond motifs is 3. The number of unbranched alkanes of at least 4 members (excludes halogenated alkanes) is 2. The Balaban J connectivity index is 1.20. The highest BCUT2D eigenvalue weighted by atomic mass is 16.5. The minimum absolute atomic E-state index is 0.186. The van der Waals surface area contributed by atoms with Gasteiger partial charge in [-0.1, -0.05) is 30.9 Å². The van der Waals surface area contributed by atoms with E-state index >= 15 is 0 Å². The van der Waals surface area contributed by atoms with E-state index in [1.165, 1.54) is 0 Å². The van der Waals surface area contributed by atoms with Gasteiger partial charge in [0.2, 0.25) is 6.41 Å². The van der Waals surface area contributed by atoms with Crippen LogP contribution in [0, 0.1) is 0 Å². The molecule has 5 rings (SSSR count). The van der Waals surface area contributed by atoms with Crippen molar-refractivity contribution < 1.29 is 33.6 Å². The molecule has 11 nitrogen and oxygen atoms in total. The number of benzene rings is 2. The fraction of sp³-hybridized carbons (Fsp3) is 0.417. The lowest BCUT2D eigenvalue weighted by molar-refractivity contribution is -0.109. The van der Waals surface area contributed by atoms with Gasteiger partial charge in [-0.3, -0.25) is 14.6 Å². The smallest absolute Gasteiger partial charge is 0.256 e. The number of ether oxygens (including phenoxy) is 4. The van der Waals surface area contributed by atoms with E-state index in [1.54, 1.807) is 49.3 Å². The van der Waals surface area contributed by atoms with E-state index in [-0.39, 0.29) is 11.9 Å². The van der Waals surface area contributed by atoms with E-state index in [4.69, 9.17) is 18.9 Å². The van der Waals surface area contributed by atoms with Crippen LogP contribution < -0.4 is 29.2 Å². The highest BCUT2D eigenvalue weighted by Gasteiger charge is 2.44. The van der Waals surface area contributed by atoms with Gasteiger partial charge in [0, 0.05) is 30.6 Å². The van der Waals surface area contributed by atoms with Crippen LogP contribution in [0.2, 0.25) is 0 Å². The monoisotopic (exact) mass is 644 g/mol. The zero-order valence-corrected chi connectivity index (χ0v) is 27.4. The number of carbonyl (C=O) groups is 2. The van der Waals surface area contributed by atoms with Gasteiger partial charge in [0.15, 0.2) is 29.2 Å². The lowest BCUT2D eigenvalue weighted by Gasteiger charge is -2.34. The van der Waals surface area contributed by atoms with E-state index in [0.717, 1.165) is 41.7 Å². The molecule has 11 heteroatoms. The number of nitrogens with zero attached hydrogens (tertiary/aromatic N) is 3. The average Bonchev–Trinajstić information content (AvgIpc) is 3.41. The summed E-state index contributed by atoms with van der Waals surface area (Å²) in [6.45, 7) is 15.4.